The molecule has 8 heteroatoms. The molecule has 3 fully saturated rings. The summed E-state index contributed by atoms with van der Waals surface area (Å²) in [6.07, 6.45) is 4.74. The predicted octanol–water partition coefficient (Wildman–Crippen LogP) is 4.91. The van der Waals surface area contributed by atoms with Crippen LogP contribution in [0.3, 0.4) is 0 Å². The molecule has 0 aliphatic carbocycles. The molecule has 0 radical (unpaired) electrons. The van der Waals surface area contributed by atoms with Gasteiger partial charge in [0.2, 0.25) is 17.7 Å². The summed E-state index contributed by atoms with van der Waals surface area (Å²) >= 11 is 1.69. The van der Waals surface area contributed by atoms with Crippen molar-refractivity contribution in [3.8, 4) is 0 Å². The number of benzene rings is 2. The van der Waals surface area contributed by atoms with Crippen LogP contribution < -0.4 is 10.6 Å². The normalized spacial score (nSPS) is 29.0. The van der Waals surface area contributed by atoms with Crippen LogP contribution in [-0.2, 0) is 14.4 Å². The summed E-state index contributed by atoms with van der Waals surface area (Å²) in [7, 11) is 0. The lowest BCUT2D eigenvalue weighted by Gasteiger charge is -2.35. The number of aryl methyl sites for hydroxylation is 2. The molecule has 2 unspecified atom stereocenters. The number of unbranched alkanes of at least 4 members (excludes halogenated alkanes) is 3. The first-order valence-corrected chi connectivity index (χ1v) is 14.9. The van der Waals surface area contributed by atoms with Crippen LogP contribution in [0.1, 0.15) is 56.6 Å². The van der Waals surface area contributed by atoms with Crippen molar-refractivity contribution in [1.82, 2.24) is 4.90 Å². The van der Waals surface area contributed by atoms with E-state index in [4.69, 9.17) is 5.11 Å². The monoisotopic (exact) mass is 549 g/mol. The van der Waals surface area contributed by atoms with Crippen molar-refractivity contribution in [3.63, 3.8) is 0 Å². The van der Waals surface area contributed by atoms with Crippen molar-refractivity contribution in [2.75, 3.05) is 23.8 Å². The van der Waals surface area contributed by atoms with Crippen LogP contribution >= 0.6 is 11.8 Å². The van der Waals surface area contributed by atoms with Crippen LogP contribution in [0.5, 0.6) is 0 Å². The number of aliphatic hydroxyl groups excluding tert-OH is 1. The smallest absolute Gasteiger partial charge is 0.248 e. The summed E-state index contributed by atoms with van der Waals surface area (Å²) in [6.45, 7) is 6.67. The van der Waals surface area contributed by atoms with Crippen molar-refractivity contribution < 1.29 is 19.5 Å². The lowest BCUT2D eigenvalue weighted by Crippen LogP contribution is -2.52. The Morgan fingerprint density at radius 3 is 2.33 bits per heavy atom. The van der Waals surface area contributed by atoms with Gasteiger partial charge in [0.05, 0.1) is 16.6 Å². The first-order valence-electron chi connectivity index (χ1n) is 14.1. The molecule has 2 aromatic carbocycles. The van der Waals surface area contributed by atoms with Gasteiger partial charge in [0.25, 0.3) is 0 Å². The van der Waals surface area contributed by atoms with E-state index in [1.54, 1.807) is 16.7 Å². The number of carbonyl (C=O) groups excluding carboxylic acids is 3. The van der Waals surface area contributed by atoms with E-state index < -0.39 is 27.4 Å². The van der Waals surface area contributed by atoms with E-state index >= 15 is 0 Å². The maximum absolute atomic E-state index is 14.2. The Balaban J connectivity index is 1.47. The molecular formula is C31H39N3O4S. The average molecular weight is 550 g/mol. The molecule has 2 aromatic rings. The molecule has 3 amide bonds. The van der Waals surface area contributed by atoms with Crippen molar-refractivity contribution in [2.45, 2.75) is 74.8 Å². The number of fused-ring (bicyclic) bond motifs is 1. The molecule has 7 nitrogen and oxygen atoms in total. The molecule has 5 atom stereocenters. The number of para-hydroxylation sites is 2. The maximum atomic E-state index is 14.2. The van der Waals surface area contributed by atoms with Crippen molar-refractivity contribution in [1.29, 1.82) is 0 Å². The third-order valence-corrected chi connectivity index (χ3v) is 10.9. The van der Waals surface area contributed by atoms with Gasteiger partial charge in [-0.3, -0.25) is 14.4 Å². The SMILES string of the molecule is Cc1cccc(C)c1NC(=O)C1N(CCCCCCO)C(=O)[C@@H]2[C@H](C(=O)Nc3ccccc3)[C@]3(C)CCC12S3. The van der Waals surface area contributed by atoms with Crippen molar-refractivity contribution in [2.24, 2.45) is 11.8 Å². The minimum Gasteiger partial charge on any atom is -0.396 e. The highest BCUT2D eigenvalue weighted by atomic mass is 32.2. The molecule has 3 aliphatic heterocycles. The topological polar surface area (TPSA) is 98.7 Å². The molecule has 3 heterocycles. The Labute approximate surface area is 235 Å². The molecular weight excluding hydrogens is 510 g/mol. The minimum atomic E-state index is -0.645. The fraction of sp³-hybridized carbons (Fsp3) is 0.516. The minimum absolute atomic E-state index is 0.0806. The highest BCUT2D eigenvalue weighted by Gasteiger charge is 2.77. The van der Waals surface area contributed by atoms with Gasteiger partial charge >= 0.3 is 0 Å². The fourth-order valence-corrected chi connectivity index (χ4v) is 9.42. The van der Waals surface area contributed by atoms with Gasteiger partial charge in [-0.25, -0.2) is 0 Å². The second-order valence-corrected chi connectivity index (χ2v) is 13.4. The molecule has 208 valence electrons. The molecule has 2 bridgehead atoms. The first-order chi connectivity index (χ1) is 18.7. The van der Waals surface area contributed by atoms with Crippen LogP contribution in [0, 0.1) is 25.7 Å². The van der Waals surface area contributed by atoms with E-state index in [2.05, 4.69) is 17.6 Å². The Hall–Kier alpha value is -2.84. The fourth-order valence-electron chi connectivity index (χ4n) is 7.06. The van der Waals surface area contributed by atoms with Crippen LogP contribution in [0.15, 0.2) is 48.5 Å². The van der Waals surface area contributed by atoms with Crippen LogP contribution in [-0.4, -0.2) is 56.4 Å². The number of likely N-dealkylation sites (tertiary alicyclic amines) is 1. The molecule has 3 saturated heterocycles. The second-order valence-electron chi connectivity index (χ2n) is 11.5. The van der Waals surface area contributed by atoms with E-state index in [1.165, 1.54) is 0 Å². The number of rotatable bonds is 10. The first kappa shape index (κ1) is 27.7. The Morgan fingerprint density at radius 1 is 0.949 bits per heavy atom. The Kier molecular flexibility index (Phi) is 7.80. The van der Waals surface area contributed by atoms with E-state index in [0.29, 0.717) is 12.2 Å². The van der Waals surface area contributed by atoms with E-state index in [0.717, 1.165) is 55.3 Å². The van der Waals surface area contributed by atoms with Gasteiger partial charge in [0.1, 0.15) is 6.04 Å². The van der Waals surface area contributed by atoms with Gasteiger partial charge in [0.15, 0.2) is 0 Å². The van der Waals surface area contributed by atoms with Gasteiger partial charge in [-0.2, -0.15) is 0 Å². The molecule has 1 spiro atoms. The van der Waals surface area contributed by atoms with Crippen LogP contribution in [0.25, 0.3) is 0 Å². The predicted molar refractivity (Wildman–Crippen MR) is 156 cm³/mol. The zero-order valence-electron chi connectivity index (χ0n) is 23.0. The zero-order chi connectivity index (χ0) is 27.8. The largest absolute Gasteiger partial charge is 0.396 e. The van der Waals surface area contributed by atoms with E-state index in [-0.39, 0.29) is 24.3 Å². The highest BCUT2D eigenvalue weighted by molar-refractivity contribution is 8.02. The number of hydrogen-bond acceptors (Lipinski definition) is 5. The quantitative estimate of drug-likeness (QED) is 0.366. The van der Waals surface area contributed by atoms with Gasteiger partial charge < -0.3 is 20.6 Å². The molecule has 0 saturated carbocycles. The highest BCUT2D eigenvalue weighted by Crippen LogP contribution is 2.71. The van der Waals surface area contributed by atoms with Gasteiger partial charge in [-0.05, 0) is 69.7 Å². The zero-order valence-corrected chi connectivity index (χ0v) is 23.9. The molecule has 0 aromatic heterocycles. The lowest BCUT2D eigenvalue weighted by molar-refractivity contribution is -0.139. The van der Waals surface area contributed by atoms with E-state index in [9.17, 15) is 14.4 Å². The lowest BCUT2D eigenvalue weighted by atomic mass is 9.66. The maximum Gasteiger partial charge on any atom is 0.248 e. The number of nitrogens with zero attached hydrogens (tertiary/aromatic N) is 1. The molecule has 39 heavy (non-hydrogen) atoms. The number of thioether (sulfide) groups is 1. The summed E-state index contributed by atoms with van der Waals surface area (Å²) in [5, 5.41) is 15.4. The van der Waals surface area contributed by atoms with Gasteiger partial charge in [-0.15, -0.1) is 11.8 Å². The number of aliphatic hydroxyl groups is 1. The number of amides is 3. The summed E-state index contributed by atoms with van der Waals surface area (Å²) in [4.78, 5) is 43.9. The summed E-state index contributed by atoms with van der Waals surface area (Å²) in [6, 6.07) is 14.6. The molecule has 3 aliphatic rings. The van der Waals surface area contributed by atoms with Gasteiger partial charge in [-0.1, -0.05) is 49.2 Å². The summed E-state index contributed by atoms with van der Waals surface area (Å²) in [5.41, 5.74) is 3.46. The Bertz CT molecular complexity index is 1230. The Morgan fingerprint density at radius 2 is 1.64 bits per heavy atom. The van der Waals surface area contributed by atoms with Gasteiger partial charge in [0, 0.05) is 29.3 Å². The van der Waals surface area contributed by atoms with Crippen LogP contribution in [0.4, 0.5) is 11.4 Å². The third-order valence-electron chi connectivity index (χ3n) is 8.89. The summed E-state index contributed by atoms with van der Waals surface area (Å²) < 4.78 is -1.06. The van der Waals surface area contributed by atoms with Crippen LogP contribution in [0.2, 0.25) is 0 Å². The van der Waals surface area contributed by atoms with Crippen molar-refractivity contribution >= 4 is 40.9 Å². The second kappa shape index (κ2) is 11.0. The molecule has 3 N–H and O–H groups in total. The summed E-state index contributed by atoms with van der Waals surface area (Å²) in [5.74, 6) is -1.45. The average Bonchev–Trinajstić information content (AvgIpc) is 3.47. The molecule has 5 rings (SSSR count). The van der Waals surface area contributed by atoms with E-state index in [1.807, 2.05) is 62.4 Å². The number of anilines is 2. The number of nitrogens with one attached hydrogen (secondary N) is 2. The third kappa shape index (κ3) is 4.86. The number of hydrogen-bond donors (Lipinski definition) is 3. The number of carbonyl (C=O) groups is 3. The standard InChI is InChI=1S/C31H39N3O4S/c1-20-12-11-13-21(2)25(20)33-28(37)26-31-17-16-30(3,39-31)23(27(36)32-22-14-7-6-8-15-22)24(31)29(38)34(26)18-9-4-5-10-19-35/h6-8,11-15,23-24,26,35H,4-5,9-10,16-19H2,1-3H3,(H,32,36)(H,33,37)/t23-,24+,26?,30+,31?/m1/s1. The van der Waals surface area contributed by atoms with Crippen molar-refractivity contribution in [3.05, 3.63) is 59.7 Å².